The van der Waals surface area contributed by atoms with Crippen LogP contribution in [0.4, 0.5) is 0 Å². The Morgan fingerprint density at radius 2 is 2.00 bits per heavy atom. The Hall–Kier alpha value is -1.33. The molecule has 4 nitrogen and oxygen atoms in total. The smallest absolute Gasteiger partial charge is 0.294 e. The van der Waals surface area contributed by atoms with E-state index in [0.29, 0.717) is 5.11 Å². The maximum atomic E-state index is 5.83. The number of nitrogens with two attached hydrogens (primary N) is 1. The first-order chi connectivity index (χ1) is 8.45. The number of hydrogen-bond acceptors (Lipinski definition) is 3. The van der Waals surface area contributed by atoms with Crippen LogP contribution in [0.25, 0.3) is 0 Å². The third kappa shape index (κ3) is 3.11. The molecule has 0 aliphatic rings. The summed E-state index contributed by atoms with van der Waals surface area (Å²) in [4.78, 5) is 4.46. The van der Waals surface area contributed by atoms with Gasteiger partial charge in [-0.05, 0) is 39.8 Å². The van der Waals surface area contributed by atoms with Crippen LogP contribution in [0.5, 0.6) is 0 Å². The monoisotopic (exact) mass is 265 g/mol. The predicted molar refractivity (Wildman–Crippen MR) is 79.3 cm³/mol. The molecule has 0 saturated carbocycles. The van der Waals surface area contributed by atoms with Crippen molar-refractivity contribution in [1.82, 2.24) is 4.98 Å². The number of nitrogens with zero attached hydrogens (tertiary/aromatic N) is 3. The van der Waals surface area contributed by atoms with Gasteiger partial charge in [0.05, 0.1) is 5.69 Å². The summed E-state index contributed by atoms with van der Waals surface area (Å²) in [7, 11) is 0. The van der Waals surface area contributed by atoms with Gasteiger partial charge < -0.3 is 5.73 Å². The minimum atomic E-state index is 0.275. The van der Waals surface area contributed by atoms with E-state index >= 15 is 0 Å². The normalized spacial score (nSPS) is 12.6. The molecule has 0 spiro atoms. The molecule has 0 radical (unpaired) electrons. The number of hydrogen-bond donors (Lipinski definition) is 1. The number of aryl methyl sites for hydroxylation is 1. The third-order valence-electron chi connectivity index (χ3n) is 3.06. The Bertz CT molecular complexity index is 464. The summed E-state index contributed by atoms with van der Waals surface area (Å²) >= 11 is 5.14. The van der Waals surface area contributed by atoms with Crippen molar-refractivity contribution in [1.29, 1.82) is 0 Å². The van der Waals surface area contributed by atoms with E-state index in [1.807, 2.05) is 45.9 Å². The Labute approximate surface area is 114 Å². The molecule has 1 rings (SSSR count). The van der Waals surface area contributed by atoms with Crippen LogP contribution in [0.1, 0.15) is 32.2 Å². The van der Waals surface area contributed by atoms with Gasteiger partial charge in [0.25, 0.3) is 5.11 Å². The van der Waals surface area contributed by atoms with Crippen LogP contribution in [0.3, 0.4) is 0 Å². The highest BCUT2D eigenvalue weighted by Crippen LogP contribution is 2.11. The second-order valence-electron chi connectivity index (χ2n) is 4.24. The van der Waals surface area contributed by atoms with E-state index in [1.165, 1.54) is 0 Å². The fraction of sp³-hybridized carbons (Fsp3) is 0.462. The van der Waals surface area contributed by atoms with Crippen LogP contribution >= 0.6 is 12.2 Å². The zero-order chi connectivity index (χ0) is 13.8. The van der Waals surface area contributed by atoms with Crippen LogP contribution in [-0.4, -0.2) is 33.5 Å². The minimum absolute atomic E-state index is 0.275. The molecule has 2 N–H and O–H groups in total. The Kier molecular flexibility index (Phi) is 4.93. The van der Waals surface area contributed by atoms with Gasteiger partial charge in [-0.15, -0.1) is 4.59 Å². The first-order valence-corrected chi connectivity index (χ1v) is 6.54. The van der Waals surface area contributed by atoms with Crippen LogP contribution in [0.15, 0.2) is 23.3 Å². The topological polar surface area (TPSA) is 51.3 Å². The predicted octanol–water partition coefficient (Wildman–Crippen LogP) is 2.21. The molecule has 0 aliphatic heterocycles. The van der Waals surface area contributed by atoms with Crippen molar-refractivity contribution in [2.45, 2.75) is 27.7 Å². The van der Waals surface area contributed by atoms with E-state index in [9.17, 15) is 0 Å². The van der Waals surface area contributed by atoms with Crippen molar-refractivity contribution >= 4 is 23.0 Å². The summed E-state index contributed by atoms with van der Waals surface area (Å²) in [6.07, 6.45) is 0. The first-order valence-electron chi connectivity index (χ1n) is 6.13. The average Bonchev–Trinajstić information content (AvgIpc) is 2.35. The van der Waals surface area contributed by atoms with Crippen molar-refractivity contribution < 1.29 is 4.59 Å². The molecule has 0 unspecified atom stereocenters. The van der Waals surface area contributed by atoms with Crippen molar-refractivity contribution in [3.05, 3.63) is 29.6 Å². The number of pyridine rings is 1. The van der Waals surface area contributed by atoms with E-state index in [4.69, 9.17) is 18.0 Å². The molecule has 0 bridgehead atoms. The highest BCUT2D eigenvalue weighted by molar-refractivity contribution is 7.79. The zero-order valence-corrected chi connectivity index (χ0v) is 12.3. The van der Waals surface area contributed by atoms with Gasteiger partial charge in [-0.1, -0.05) is 11.2 Å². The maximum absolute atomic E-state index is 5.83. The molecular weight excluding hydrogens is 244 g/mol. The van der Waals surface area contributed by atoms with Gasteiger partial charge in [-0.2, -0.15) is 0 Å². The minimum Gasteiger partial charge on any atom is -0.343 e. The van der Waals surface area contributed by atoms with Crippen molar-refractivity contribution in [2.75, 3.05) is 13.1 Å². The molecule has 0 atom stereocenters. The fourth-order valence-corrected chi connectivity index (χ4v) is 2.11. The fourth-order valence-electron chi connectivity index (χ4n) is 1.81. The van der Waals surface area contributed by atoms with Gasteiger partial charge in [0.2, 0.25) is 0 Å². The van der Waals surface area contributed by atoms with Gasteiger partial charge in [0.15, 0.2) is 0 Å². The number of thiocarbonyl (C=S) groups is 1. The van der Waals surface area contributed by atoms with Crippen LogP contribution in [0.2, 0.25) is 0 Å². The molecular formula is C13H21N4S+. The first kappa shape index (κ1) is 14.7. The zero-order valence-electron chi connectivity index (χ0n) is 11.5. The van der Waals surface area contributed by atoms with Crippen molar-refractivity contribution in [3.63, 3.8) is 0 Å². The lowest BCUT2D eigenvalue weighted by Gasteiger charge is -2.27. The molecule has 1 heterocycles. The number of quaternary nitrogens is 1. The summed E-state index contributed by atoms with van der Waals surface area (Å²) < 4.78 is 0.275. The molecule has 0 amide bonds. The third-order valence-corrected chi connectivity index (χ3v) is 3.40. The molecule has 5 heteroatoms. The Balaban J connectivity index is 3.18. The largest absolute Gasteiger partial charge is 0.343 e. The molecule has 0 aromatic carbocycles. The molecule has 98 valence electrons. The quantitative estimate of drug-likeness (QED) is 0.393. The molecule has 0 fully saturated rings. The van der Waals surface area contributed by atoms with E-state index < -0.39 is 0 Å². The lowest BCUT2D eigenvalue weighted by molar-refractivity contribution is -0.843. The SMILES string of the molecule is CC[N+](CC)(/N=C(/C)c1cccc(C)n1)C(N)=S. The molecule has 0 aliphatic carbocycles. The average molecular weight is 265 g/mol. The van der Waals surface area contributed by atoms with Crippen molar-refractivity contribution in [2.24, 2.45) is 10.8 Å². The van der Waals surface area contributed by atoms with Gasteiger partial charge in [-0.25, -0.2) is 0 Å². The van der Waals surface area contributed by atoms with E-state index in [1.54, 1.807) is 0 Å². The molecule has 18 heavy (non-hydrogen) atoms. The summed E-state index contributed by atoms with van der Waals surface area (Å²) in [6.45, 7) is 9.46. The van der Waals surface area contributed by atoms with E-state index in [0.717, 1.165) is 30.2 Å². The van der Waals surface area contributed by atoms with Crippen molar-refractivity contribution in [3.8, 4) is 0 Å². The lowest BCUT2D eigenvalue weighted by atomic mass is 10.2. The van der Waals surface area contributed by atoms with Gasteiger partial charge >= 0.3 is 0 Å². The molecule has 1 aromatic heterocycles. The summed E-state index contributed by atoms with van der Waals surface area (Å²) in [5, 5.41) is 5.08. The van der Waals surface area contributed by atoms with Crippen LogP contribution in [0, 0.1) is 6.92 Å². The summed E-state index contributed by atoms with van der Waals surface area (Å²) in [6, 6.07) is 5.89. The van der Waals surface area contributed by atoms with E-state index in [-0.39, 0.29) is 4.59 Å². The summed E-state index contributed by atoms with van der Waals surface area (Å²) in [5.74, 6) is 0. The van der Waals surface area contributed by atoms with Crippen LogP contribution in [-0.2, 0) is 0 Å². The van der Waals surface area contributed by atoms with Crippen LogP contribution < -0.4 is 5.73 Å². The standard InChI is InChI=1S/C13H20N4S/c1-5-17(6-2,13(14)18)16-11(4)12-9-7-8-10(3)15-12/h7-9H,5-6H2,1-4H3,(H-,14,18)/p+1/b16-11-. The highest BCUT2D eigenvalue weighted by atomic mass is 32.1. The Morgan fingerprint density at radius 3 is 2.44 bits per heavy atom. The second-order valence-corrected chi connectivity index (χ2v) is 4.66. The van der Waals surface area contributed by atoms with Gasteiger partial charge in [-0.3, -0.25) is 4.98 Å². The van der Waals surface area contributed by atoms with Gasteiger partial charge in [0, 0.05) is 17.9 Å². The summed E-state index contributed by atoms with van der Waals surface area (Å²) in [5.41, 5.74) is 8.53. The number of rotatable bonds is 4. The maximum Gasteiger partial charge on any atom is 0.294 e. The van der Waals surface area contributed by atoms with E-state index in [2.05, 4.69) is 10.1 Å². The molecule has 1 aromatic rings. The molecule has 0 saturated heterocycles. The lowest BCUT2D eigenvalue weighted by Crippen LogP contribution is -2.51. The highest BCUT2D eigenvalue weighted by Gasteiger charge is 2.28. The second kappa shape index (κ2) is 6.02. The number of aromatic nitrogens is 1. The van der Waals surface area contributed by atoms with Gasteiger partial charge in [0.1, 0.15) is 18.8 Å². The Morgan fingerprint density at radius 1 is 1.39 bits per heavy atom.